The molecule has 0 aliphatic carbocycles. The third kappa shape index (κ3) is 2.70. The number of aryl methyl sites for hydroxylation is 1. The molecule has 0 spiro atoms. The number of hydrogen-bond acceptors (Lipinski definition) is 2. The molecule has 16 heavy (non-hydrogen) atoms. The molecule has 0 aliphatic heterocycles. The van der Waals surface area contributed by atoms with E-state index in [9.17, 15) is 4.39 Å². The fourth-order valence-electron chi connectivity index (χ4n) is 1.43. The maximum atomic E-state index is 13.1. The van der Waals surface area contributed by atoms with Gasteiger partial charge in [0.2, 0.25) is 0 Å². The molecule has 0 fully saturated rings. The number of nitrogens with one attached hydrogen (secondary N) is 1. The largest absolute Gasteiger partial charge is 0.340 e. The molecule has 2 nitrogen and oxygen atoms in total. The summed E-state index contributed by atoms with van der Waals surface area (Å²) in [6, 6.07) is 9.96. The van der Waals surface area contributed by atoms with Gasteiger partial charge in [0.1, 0.15) is 16.8 Å². The molecule has 0 amide bonds. The second-order valence-electron chi connectivity index (χ2n) is 3.49. The first-order valence-corrected chi connectivity index (χ1v) is 5.18. The van der Waals surface area contributed by atoms with Crippen LogP contribution in [0.3, 0.4) is 0 Å². The summed E-state index contributed by atoms with van der Waals surface area (Å²) in [6.45, 7) is 1.83. The van der Waals surface area contributed by atoms with Gasteiger partial charge in [0, 0.05) is 5.69 Å². The summed E-state index contributed by atoms with van der Waals surface area (Å²) in [6.07, 6.45) is 0. The molecule has 0 aliphatic rings. The molecule has 0 saturated heterocycles. The lowest BCUT2D eigenvalue weighted by molar-refractivity contribution is 0.627. The minimum atomic E-state index is -0.274. The Labute approximate surface area is 98.1 Å². The van der Waals surface area contributed by atoms with Crippen LogP contribution >= 0.6 is 11.6 Å². The summed E-state index contributed by atoms with van der Waals surface area (Å²) >= 11 is 5.75. The molecule has 4 heteroatoms. The second-order valence-corrected chi connectivity index (χ2v) is 3.88. The van der Waals surface area contributed by atoms with Gasteiger partial charge in [-0.25, -0.2) is 9.37 Å². The number of anilines is 2. The van der Waals surface area contributed by atoms with Crippen molar-refractivity contribution in [2.24, 2.45) is 0 Å². The first kappa shape index (κ1) is 10.9. The first-order valence-electron chi connectivity index (χ1n) is 4.80. The van der Waals surface area contributed by atoms with Crippen molar-refractivity contribution >= 4 is 23.1 Å². The van der Waals surface area contributed by atoms with Crippen molar-refractivity contribution in [2.45, 2.75) is 6.92 Å². The molecular formula is C12H10ClFN2. The molecule has 0 bridgehead atoms. The van der Waals surface area contributed by atoms with Crippen LogP contribution in [0.5, 0.6) is 0 Å². The smallest absolute Gasteiger partial charge is 0.132 e. The Balaban J connectivity index is 2.27. The summed E-state index contributed by atoms with van der Waals surface area (Å²) in [5, 5.41) is 3.39. The van der Waals surface area contributed by atoms with Crippen molar-refractivity contribution in [1.82, 2.24) is 4.98 Å². The number of aromatic nitrogens is 1. The molecule has 2 aromatic rings. The fraction of sp³-hybridized carbons (Fsp3) is 0.0833. The van der Waals surface area contributed by atoms with Gasteiger partial charge in [0.05, 0.1) is 0 Å². The van der Waals surface area contributed by atoms with Crippen LogP contribution in [0.4, 0.5) is 15.9 Å². The van der Waals surface area contributed by atoms with Crippen molar-refractivity contribution in [3.63, 3.8) is 0 Å². The van der Waals surface area contributed by atoms with Crippen LogP contribution in [-0.4, -0.2) is 4.98 Å². The van der Waals surface area contributed by atoms with Gasteiger partial charge >= 0.3 is 0 Å². The van der Waals surface area contributed by atoms with Gasteiger partial charge in [-0.2, -0.15) is 0 Å². The van der Waals surface area contributed by atoms with Gasteiger partial charge in [-0.15, -0.1) is 0 Å². The maximum absolute atomic E-state index is 13.1. The van der Waals surface area contributed by atoms with Crippen LogP contribution in [0, 0.1) is 12.7 Å². The number of benzene rings is 1. The topological polar surface area (TPSA) is 24.9 Å². The number of nitrogens with zero attached hydrogens (tertiary/aromatic N) is 1. The summed E-state index contributed by atoms with van der Waals surface area (Å²) in [5.41, 5.74) is 1.51. The zero-order chi connectivity index (χ0) is 11.5. The molecule has 1 N–H and O–H groups in total. The Kier molecular flexibility index (Phi) is 3.06. The Morgan fingerprint density at radius 3 is 2.75 bits per heavy atom. The molecule has 0 unspecified atom stereocenters. The van der Waals surface area contributed by atoms with Crippen LogP contribution in [0.25, 0.3) is 0 Å². The fourth-order valence-corrected chi connectivity index (χ4v) is 1.60. The third-order valence-electron chi connectivity index (χ3n) is 2.03. The average Bonchev–Trinajstić information content (AvgIpc) is 2.15. The molecule has 0 radical (unpaired) electrons. The lowest BCUT2D eigenvalue weighted by Gasteiger charge is -2.06. The Hall–Kier alpha value is -1.61. The van der Waals surface area contributed by atoms with E-state index >= 15 is 0 Å². The van der Waals surface area contributed by atoms with Crippen LogP contribution in [0.2, 0.25) is 5.15 Å². The molecule has 0 saturated carbocycles. The van der Waals surface area contributed by atoms with Gasteiger partial charge in [0.15, 0.2) is 0 Å². The minimum absolute atomic E-state index is 0.274. The maximum Gasteiger partial charge on any atom is 0.132 e. The predicted octanol–water partition coefficient (Wildman–Crippen LogP) is 3.93. The van der Waals surface area contributed by atoms with Gasteiger partial charge in [-0.05, 0) is 42.8 Å². The highest BCUT2D eigenvalue weighted by Crippen LogP contribution is 2.18. The summed E-state index contributed by atoms with van der Waals surface area (Å²) < 4.78 is 13.1. The third-order valence-corrected chi connectivity index (χ3v) is 2.24. The van der Waals surface area contributed by atoms with Crippen molar-refractivity contribution in [2.75, 3.05) is 5.32 Å². The van der Waals surface area contributed by atoms with E-state index in [1.807, 2.05) is 13.0 Å². The van der Waals surface area contributed by atoms with E-state index in [2.05, 4.69) is 10.3 Å². The van der Waals surface area contributed by atoms with Crippen LogP contribution in [0.1, 0.15) is 5.56 Å². The summed E-state index contributed by atoms with van der Waals surface area (Å²) in [5.74, 6) is 0.321. The van der Waals surface area contributed by atoms with E-state index in [4.69, 9.17) is 11.6 Å². The van der Waals surface area contributed by atoms with Crippen molar-refractivity contribution in [3.8, 4) is 0 Å². The van der Waals surface area contributed by atoms with Gasteiger partial charge in [0.25, 0.3) is 0 Å². The monoisotopic (exact) mass is 236 g/mol. The molecule has 1 aromatic carbocycles. The van der Waals surface area contributed by atoms with Crippen molar-refractivity contribution in [1.29, 1.82) is 0 Å². The summed E-state index contributed by atoms with van der Waals surface area (Å²) in [7, 11) is 0. The lowest BCUT2D eigenvalue weighted by Crippen LogP contribution is -1.94. The van der Waals surface area contributed by atoms with Crippen molar-refractivity contribution < 1.29 is 4.39 Å². The quantitative estimate of drug-likeness (QED) is 0.800. The van der Waals surface area contributed by atoms with E-state index in [1.165, 1.54) is 12.1 Å². The zero-order valence-electron chi connectivity index (χ0n) is 8.67. The highest BCUT2D eigenvalue weighted by atomic mass is 35.5. The molecule has 1 aromatic heterocycles. The highest BCUT2D eigenvalue weighted by molar-refractivity contribution is 6.29. The molecular weight excluding hydrogens is 227 g/mol. The first-order chi connectivity index (χ1) is 7.63. The molecule has 1 heterocycles. The standard InChI is InChI=1S/C12H10ClFN2/c1-8-5-9(14)7-10(6-8)15-12-4-2-3-11(13)16-12/h2-7H,1H3,(H,15,16). The van der Waals surface area contributed by atoms with Crippen LogP contribution < -0.4 is 5.32 Å². The lowest BCUT2D eigenvalue weighted by atomic mass is 10.2. The van der Waals surface area contributed by atoms with E-state index < -0.39 is 0 Å². The number of halogens is 2. The SMILES string of the molecule is Cc1cc(F)cc(Nc2cccc(Cl)n2)c1. The Bertz CT molecular complexity index is 494. The van der Waals surface area contributed by atoms with E-state index in [1.54, 1.807) is 18.2 Å². The minimum Gasteiger partial charge on any atom is -0.340 e. The molecule has 2 rings (SSSR count). The van der Waals surface area contributed by atoms with E-state index in [-0.39, 0.29) is 5.82 Å². The second kappa shape index (κ2) is 4.49. The van der Waals surface area contributed by atoms with Crippen LogP contribution in [-0.2, 0) is 0 Å². The van der Waals surface area contributed by atoms with Crippen LogP contribution in [0.15, 0.2) is 36.4 Å². The van der Waals surface area contributed by atoms with Gasteiger partial charge in [-0.1, -0.05) is 17.7 Å². The van der Waals surface area contributed by atoms with Gasteiger partial charge < -0.3 is 5.32 Å². The van der Waals surface area contributed by atoms with Crippen molar-refractivity contribution in [3.05, 3.63) is 52.9 Å². The average molecular weight is 237 g/mol. The molecule has 82 valence electrons. The number of pyridine rings is 1. The Morgan fingerprint density at radius 2 is 2.06 bits per heavy atom. The number of hydrogen-bond donors (Lipinski definition) is 1. The van der Waals surface area contributed by atoms with E-state index in [0.717, 1.165) is 5.56 Å². The summed E-state index contributed by atoms with van der Waals surface area (Å²) in [4.78, 5) is 4.06. The number of rotatable bonds is 2. The molecule has 0 atom stereocenters. The highest BCUT2D eigenvalue weighted by Gasteiger charge is 2.00. The van der Waals surface area contributed by atoms with Gasteiger partial charge in [-0.3, -0.25) is 0 Å². The predicted molar refractivity (Wildman–Crippen MR) is 63.7 cm³/mol. The normalized spacial score (nSPS) is 10.2. The Morgan fingerprint density at radius 1 is 1.25 bits per heavy atom. The van der Waals surface area contributed by atoms with E-state index in [0.29, 0.717) is 16.7 Å². The zero-order valence-corrected chi connectivity index (χ0v) is 9.42.